The Hall–Kier alpha value is -3.53. The Kier molecular flexibility index (Phi) is 4.38. The molecule has 0 aromatic carbocycles. The Morgan fingerprint density at radius 1 is 1.15 bits per heavy atom. The van der Waals surface area contributed by atoms with Crippen LogP contribution in [0.5, 0.6) is 0 Å². The molecular weight excluding hydrogens is 364 g/mol. The van der Waals surface area contributed by atoms with Gasteiger partial charge in [-0.3, -0.25) is 20.1 Å². The molecule has 0 radical (unpaired) electrons. The number of aromatic nitrogens is 7. The third-order valence-corrected chi connectivity index (χ3v) is 4.58. The molecule has 27 heavy (non-hydrogen) atoms. The summed E-state index contributed by atoms with van der Waals surface area (Å²) in [5.41, 5.74) is 2.66. The van der Waals surface area contributed by atoms with E-state index < -0.39 is 0 Å². The van der Waals surface area contributed by atoms with Gasteiger partial charge < -0.3 is 0 Å². The lowest BCUT2D eigenvalue weighted by Crippen LogP contribution is -2.17. The number of carbonyl (C=O) groups is 1. The highest BCUT2D eigenvalue weighted by atomic mass is 32.1. The van der Waals surface area contributed by atoms with Gasteiger partial charge in [-0.2, -0.15) is 4.68 Å². The molecular formula is C17H14N8OS. The molecule has 4 aromatic heterocycles. The highest BCUT2D eigenvalue weighted by molar-refractivity contribution is 7.16. The number of pyridine rings is 1. The van der Waals surface area contributed by atoms with Crippen molar-refractivity contribution < 1.29 is 4.79 Å². The van der Waals surface area contributed by atoms with E-state index in [2.05, 4.69) is 35.6 Å². The predicted molar refractivity (Wildman–Crippen MR) is 99.7 cm³/mol. The quantitative estimate of drug-likeness (QED) is 0.580. The summed E-state index contributed by atoms with van der Waals surface area (Å²) in [6.45, 7) is 3.87. The van der Waals surface area contributed by atoms with Crippen molar-refractivity contribution in [1.82, 2.24) is 34.9 Å². The SMILES string of the molecule is Cc1cccc(-c2nc(NC(=O)c3cnnn3-c3cnccn3)sc2C)n1. The van der Waals surface area contributed by atoms with Gasteiger partial charge in [0.25, 0.3) is 5.91 Å². The van der Waals surface area contributed by atoms with Crippen LogP contribution in [-0.4, -0.2) is 40.8 Å². The lowest BCUT2D eigenvalue weighted by Gasteiger charge is -2.04. The van der Waals surface area contributed by atoms with Crippen molar-refractivity contribution in [2.24, 2.45) is 0 Å². The third kappa shape index (κ3) is 3.42. The van der Waals surface area contributed by atoms with Crippen LogP contribution in [0, 0.1) is 13.8 Å². The molecule has 1 amide bonds. The number of nitrogens with zero attached hydrogens (tertiary/aromatic N) is 7. The molecule has 9 nitrogen and oxygen atoms in total. The number of rotatable bonds is 4. The second-order valence-electron chi connectivity index (χ2n) is 5.64. The highest BCUT2D eigenvalue weighted by Gasteiger charge is 2.18. The van der Waals surface area contributed by atoms with Crippen molar-refractivity contribution in [3.63, 3.8) is 0 Å². The molecule has 0 aliphatic rings. The standard InChI is InChI=1S/C17H14N8OS/c1-10-4-3-5-12(21-10)15-11(2)27-17(22-15)23-16(26)13-8-20-24-25(13)14-9-18-6-7-19-14/h3-9H,1-2H3,(H,22,23,26). The van der Waals surface area contributed by atoms with Crippen molar-refractivity contribution in [2.75, 3.05) is 5.32 Å². The second-order valence-corrected chi connectivity index (χ2v) is 6.84. The van der Waals surface area contributed by atoms with Crippen molar-refractivity contribution in [2.45, 2.75) is 13.8 Å². The number of aryl methyl sites for hydroxylation is 2. The van der Waals surface area contributed by atoms with E-state index in [1.54, 1.807) is 6.20 Å². The third-order valence-electron chi connectivity index (χ3n) is 3.70. The maximum Gasteiger partial charge on any atom is 0.277 e. The van der Waals surface area contributed by atoms with Crippen molar-refractivity contribution >= 4 is 22.4 Å². The lowest BCUT2D eigenvalue weighted by atomic mass is 10.2. The molecule has 10 heteroatoms. The molecule has 4 heterocycles. The van der Waals surface area contributed by atoms with Crippen LogP contribution in [0.25, 0.3) is 17.2 Å². The normalized spacial score (nSPS) is 10.7. The first-order chi connectivity index (χ1) is 13.1. The van der Waals surface area contributed by atoms with Crippen LogP contribution in [0.4, 0.5) is 5.13 Å². The maximum absolute atomic E-state index is 12.7. The van der Waals surface area contributed by atoms with Gasteiger partial charge in [-0.15, -0.1) is 16.4 Å². The van der Waals surface area contributed by atoms with E-state index in [0.29, 0.717) is 10.9 Å². The molecule has 0 fully saturated rings. The number of hydrogen-bond acceptors (Lipinski definition) is 8. The van der Waals surface area contributed by atoms with Crippen molar-refractivity contribution in [3.8, 4) is 17.2 Å². The Morgan fingerprint density at radius 3 is 2.81 bits per heavy atom. The van der Waals surface area contributed by atoms with E-state index in [-0.39, 0.29) is 11.6 Å². The van der Waals surface area contributed by atoms with Gasteiger partial charge >= 0.3 is 0 Å². The number of hydrogen-bond donors (Lipinski definition) is 1. The molecule has 0 spiro atoms. The maximum atomic E-state index is 12.7. The highest BCUT2D eigenvalue weighted by Crippen LogP contribution is 2.29. The number of anilines is 1. The molecule has 0 saturated heterocycles. The minimum atomic E-state index is -0.386. The van der Waals surface area contributed by atoms with E-state index >= 15 is 0 Å². The summed E-state index contributed by atoms with van der Waals surface area (Å²) < 4.78 is 1.33. The number of amides is 1. The van der Waals surface area contributed by atoms with Crippen LogP contribution in [0.3, 0.4) is 0 Å². The number of nitrogens with one attached hydrogen (secondary N) is 1. The van der Waals surface area contributed by atoms with E-state index in [4.69, 9.17) is 0 Å². The van der Waals surface area contributed by atoms with Crippen LogP contribution in [0.2, 0.25) is 0 Å². The topological polar surface area (TPSA) is 111 Å². The van der Waals surface area contributed by atoms with Gasteiger partial charge in [0.2, 0.25) is 0 Å². The zero-order chi connectivity index (χ0) is 18.8. The first-order valence-electron chi connectivity index (χ1n) is 8.02. The fourth-order valence-electron chi connectivity index (χ4n) is 2.48. The predicted octanol–water partition coefficient (Wildman–Crippen LogP) is 2.44. The van der Waals surface area contributed by atoms with Gasteiger partial charge in [0.15, 0.2) is 16.6 Å². The number of carbonyl (C=O) groups excluding carboxylic acids is 1. The van der Waals surface area contributed by atoms with Gasteiger partial charge in [-0.05, 0) is 26.0 Å². The molecule has 0 bridgehead atoms. The van der Waals surface area contributed by atoms with Gasteiger partial charge in [0, 0.05) is 23.0 Å². The molecule has 0 aliphatic carbocycles. The Morgan fingerprint density at radius 2 is 2.04 bits per heavy atom. The van der Waals surface area contributed by atoms with E-state index in [1.807, 2.05) is 32.0 Å². The summed E-state index contributed by atoms with van der Waals surface area (Å²) in [5.74, 6) is 0.0169. The van der Waals surface area contributed by atoms with E-state index in [1.165, 1.54) is 34.6 Å². The molecule has 0 atom stereocenters. The molecule has 134 valence electrons. The summed E-state index contributed by atoms with van der Waals surface area (Å²) in [6, 6.07) is 5.75. The monoisotopic (exact) mass is 378 g/mol. The Labute approximate surface area is 158 Å². The van der Waals surface area contributed by atoms with Gasteiger partial charge in [0.05, 0.1) is 18.1 Å². The van der Waals surface area contributed by atoms with Crippen LogP contribution in [0.1, 0.15) is 21.1 Å². The Bertz CT molecular complexity index is 1110. The van der Waals surface area contributed by atoms with E-state index in [9.17, 15) is 4.79 Å². The summed E-state index contributed by atoms with van der Waals surface area (Å²) in [7, 11) is 0. The van der Waals surface area contributed by atoms with E-state index in [0.717, 1.165) is 22.0 Å². The van der Waals surface area contributed by atoms with Gasteiger partial charge in [0.1, 0.15) is 5.69 Å². The molecule has 0 saturated carbocycles. The fraction of sp³-hybridized carbons (Fsp3) is 0.118. The smallest absolute Gasteiger partial charge is 0.277 e. The van der Waals surface area contributed by atoms with Crippen LogP contribution < -0.4 is 5.32 Å². The largest absolute Gasteiger partial charge is 0.296 e. The van der Waals surface area contributed by atoms with Crippen LogP contribution >= 0.6 is 11.3 Å². The van der Waals surface area contributed by atoms with Crippen LogP contribution in [0.15, 0.2) is 43.0 Å². The molecule has 4 aromatic rings. The Balaban J connectivity index is 1.60. The zero-order valence-corrected chi connectivity index (χ0v) is 15.3. The number of thiazole rings is 1. The summed E-state index contributed by atoms with van der Waals surface area (Å²) in [4.78, 5) is 30.8. The average molecular weight is 378 g/mol. The summed E-state index contributed by atoms with van der Waals surface area (Å²) in [5, 5.41) is 11.0. The molecule has 4 rings (SSSR count). The molecule has 1 N–H and O–H groups in total. The minimum absolute atomic E-state index is 0.235. The summed E-state index contributed by atoms with van der Waals surface area (Å²) in [6.07, 6.45) is 5.93. The molecule has 0 unspecified atom stereocenters. The molecule has 0 aliphatic heterocycles. The van der Waals surface area contributed by atoms with Crippen LogP contribution in [-0.2, 0) is 0 Å². The zero-order valence-electron chi connectivity index (χ0n) is 14.5. The first kappa shape index (κ1) is 16.9. The first-order valence-corrected chi connectivity index (χ1v) is 8.83. The fourth-order valence-corrected chi connectivity index (χ4v) is 3.30. The lowest BCUT2D eigenvalue weighted by molar-refractivity contribution is 0.101. The van der Waals surface area contributed by atoms with Crippen molar-refractivity contribution in [1.29, 1.82) is 0 Å². The minimum Gasteiger partial charge on any atom is -0.296 e. The van der Waals surface area contributed by atoms with Gasteiger partial charge in [-0.25, -0.2) is 9.97 Å². The van der Waals surface area contributed by atoms with Gasteiger partial charge in [-0.1, -0.05) is 11.3 Å². The second kappa shape index (κ2) is 7.00. The van der Waals surface area contributed by atoms with Crippen molar-refractivity contribution in [3.05, 3.63) is 59.3 Å². The summed E-state index contributed by atoms with van der Waals surface area (Å²) >= 11 is 1.38. The average Bonchev–Trinajstić information content (AvgIpc) is 3.29.